The lowest BCUT2D eigenvalue weighted by atomic mass is 10.4. The molecule has 7 heavy (non-hydrogen) atoms. The molecular weight excluding hydrogens is 119 g/mol. The van der Waals surface area contributed by atoms with Crippen LogP contribution in [0.2, 0.25) is 0 Å². The van der Waals surface area contributed by atoms with E-state index in [1.807, 2.05) is 0 Å². The molecule has 1 rings (SSSR count). The zero-order chi connectivity index (χ0) is 5.33. The molecule has 39 valence electrons. The van der Waals surface area contributed by atoms with Crippen molar-refractivity contribution in [2.45, 2.75) is 0 Å². The first-order chi connectivity index (χ1) is 3.21. The molecule has 0 unspecified atom stereocenters. The van der Waals surface area contributed by atoms with Gasteiger partial charge in [0.1, 0.15) is 0 Å². The van der Waals surface area contributed by atoms with Gasteiger partial charge in [-0.05, 0) is 0 Å². The van der Waals surface area contributed by atoms with E-state index >= 15 is 0 Å². The molecule has 0 spiro atoms. The van der Waals surface area contributed by atoms with Crippen molar-refractivity contribution < 1.29 is 17.2 Å². The van der Waals surface area contributed by atoms with Crippen molar-refractivity contribution in [1.29, 1.82) is 0 Å². The molecule has 1 aliphatic rings. The van der Waals surface area contributed by atoms with Crippen LogP contribution in [0.1, 0.15) is 0 Å². The van der Waals surface area contributed by atoms with Crippen LogP contribution in [-0.4, -0.2) is 22.0 Å². The number of hydrogen-bond donors (Lipinski definition) is 0. The Hall–Kier alpha value is -0.0651. The van der Waals surface area contributed by atoms with E-state index < -0.39 is 10.1 Å². The number of rotatable bonds is 0. The van der Waals surface area contributed by atoms with Crippen molar-refractivity contribution in [1.82, 2.24) is 0 Å². The SMILES string of the molecule is O=S1(=O)CO[B]O1. The Labute approximate surface area is 41.9 Å². The van der Waals surface area contributed by atoms with Crippen molar-refractivity contribution in [2.24, 2.45) is 0 Å². The second-order valence-corrected chi connectivity index (χ2v) is 2.58. The van der Waals surface area contributed by atoms with Gasteiger partial charge in [-0.3, -0.25) is 4.10 Å². The number of hydrogen-bond acceptors (Lipinski definition) is 4. The normalized spacial score (nSPS) is 26.9. The van der Waals surface area contributed by atoms with E-state index in [4.69, 9.17) is 0 Å². The highest BCUT2D eigenvalue weighted by Gasteiger charge is 2.20. The predicted molar refractivity (Wildman–Crippen MR) is 21.7 cm³/mol. The summed E-state index contributed by atoms with van der Waals surface area (Å²) in [6.07, 6.45) is 0. The molecule has 1 saturated heterocycles. The maximum Gasteiger partial charge on any atom is 0.505 e. The van der Waals surface area contributed by atoms with E-state index in [1.165, 1.54) is 0 Å². The van der Waals surface area contributed by atoms with E-state index in [-0.39, 0.29) is 5.94 Å². The van der Waals surface area contributed by atoms with Gasteiger partial charge >= 0.3 is 7.69 Å². The quantitative estimate of drug-likeness (QED) is 0.380. The molecule has 6 heteroatoms. The maximum absolute atomic E-state index is 10.1. The summed E-state index contributed by atoms with van der Waals surface area (Å²) in [7, 11) is -2.52. The van der Waals surface area contributed by atoms with Crippen LogP contribution in [0.4, 0.5) is 0 Å². The summed E-state index contributed by atoms with van der Waals surface area (Å²) in [5.74, 6) is -0.354. The van der Waals surface area contributed by atoms with Gasteiger partial charge in [0.2, 0.25) is 0 Å². The van der Waals surface area contributed by atoms with E-state index in [0.29, 0.717) is 0 Å². The molecule has 0 atom stereocenters. The summed E-state index contributed by atoms with van der Waals surface area (Å²) in [5, 5.41) is 0. The van der Waals surface area contributed by atoms with E-state index in [0.717, 1.165) is 7.69 Å². The largest absolute Gasteiger partial charge is 0.505 e. The first kappa shape index (κ1) is 5.08. The predicted octanol–water partition coefficient (Wildman–Crippen LogP) is -1.15. The fourth-order valence-electron chi connectivity index (χ4n) is 0.227. The Morgan fingerprint density at radius 3 is 2.43 bits per heavy atom. The van der Waals surface area contributed by atoms with Gasteiger partial charge in [-0.15, -0.1) is 0 Å². The van der Waals surface area contributed by atoms with Crippen LogP contribution in [0.25, 0.3) is 0 Å². The molecule has 0 aromatic heterocycles. The third-order valence-electron chi connectivity index (χ3n) is 0.466. The molecule has 1 radical (unpaired) electrons. The van der Waals surface area contributed by atoms with Gasteiger partial charge < -0.3 is 4.65 Å². The van der Waals surface area contributed by atoms with Crippen LogP contribution in [0.5, 0.6) is 0 Å². The Morgan fingerprint density at radius 1 is 1.57 bits per heavy atom. The van der Waals surface area contributed by atoms with Gasteiger partial charge in [-0.25, -0.2) is 0 Å². The minimum absolute atomic E-state index is 0.354. The zero-order valence-corrected chi connectivity index (χ0v) is 4.14. The van der Waals surface area contributed by atoms with Crippen molar-refractivity contribution >= 4 is 17.8 Å². The third kappa shape index (κ3) is 1.15. The first-order valence-electron chi connectivity index (χ1n) is 1.55. The summed E-state index contributed by atoms with van der Waals surface area (Å²) in [4.78, 5) is 0. The Balaban J connectivity index is 2.76. The van der Waals surface area contributed by atoms with Crippen LogP contribution in [0.15, 0.2) is 0 Å². The van der Waals surface area contributed by atoms with E-state index in [9.17, 15) is 8.42 Å². The lowest BCUT2D eigenvalue weighted by Gasteiger charge is -1.81. The zero-order valence-electron chi connectivity index (χ0n) is 3.33. The Kier molecular flexibility index (Phi) is 1.06. The molecule has 1 heterocycles. The summed E-state index contributed by atoms with van der Waals surface area (Å²) in [5.41, 5.74) is 0. The smallest absolute Gasteiger partial charge is 0.397 e. The van der Waals surface area contributed by atoms with Gasteiger partial charge in [0.15, 0.2) is 5.94 Å². The summed E-state index contributed by atoms with van der Waals surface area (Å²) >= 11 is 0. The lowest BCUT2D eigenvalue weighted by Crippen LogP contribution is -1.97. The van der Waals surface area contributed by atoms with Crippen molar-refractivity contribution in [2.75, 3.05) is 5.94 Å². The molecule has 0 N–H and O–H groups in total. The minimum atomic E-state index is -3.32. The Bertz CT molecular complexity index is 135. The monoisotopic (exact) mass is 121 g/mol. The minimum Gasteiger partial charge on any atom is -0.397 e. The molecule has 0 aromatic rings. The van der Waals surface area contributed by atoms with Gasteiger partial charge in [-0.2, -0.15) is 8.42 Å². The Morgan fingerprint density at radius 2 is 2.29 bits per heavy atom. The molecular formula is CH2BO4S. The van der Waals surface area contributed by atoms with Crippen LogP contribution in [-0.2, 0) is 18.9 Å². The molecule has 0 aromatic carbocycles. The average Bonchev–Trinajstić information content (AvgIpc) is 1.84. The second-order valence-electron chi connectivity index (χ2n) is 1.03. The van der Waals surface area contributed by atoms with Crippen molar-refractivity contribution in [3.63, 3.8) is 0 Å². The van der Waals surface area contributed by atoms with Crippen LogP contribution in [0.3, 0.4) is 0 Å². The molecule has 0 amide bonds. The van der Waals surface area contributed by atoms with Gasteiger partial charge in [-0.1, -0.05) is 0 Å². The summed E-state index contributed by atoms with van der Waals surface area (Å²) in [6.45, 7) is 0. The third-order valence-corrected chi connectivity index (χ3v) is 1.26. The highest BCUT2D eigenvalue weighted by Crippen LogP contribution is 1.99. The summed E-state index contributed by atoms with van der Waals surface area (Å²) in [6, 6.07) is 0. The molecule has 0 saturated carbocycles. The van der Waals surface area contributed by atoms with Gasteiger partial charge in [0.05, 0.1) is 0 Å². The molecule has 1 fully saturated rings. The maximum atomic E-state index is 10.1. The summed E-state index contributed by atoms with van der Waals surface area (Å²) < 4.78 is 28.3. The van der Waals surface area contributed by atoms with Crippen molar-refractivity contribution in [3.8, 4) is 0 Å². The average molecular weight is 121 g/mol. The molecule has 1 aliphatic heterocycles. The topological polar surface area (TPSA) is 52.6 Å². The first-order valence-corrected chi connectivity index (χ1v) is 3.13. The van der Waals surface area contributed by atoms with Crippen LogP contribution < -0.4 is 0 Å². The molecule has 4 nitrogen and oxygen atoms in total. The lowest BCUT2D eigenvalue weighted by molar-refractivity contribution is 0.402. The van der Waals surface area contributed by atoms with Crippen LogP contribution >= 0.6 is 0 Å². The van der Waals surface area contributed by atoms with Gasteiger partial charge in [0, 0.05) is 0 Å². The molecule has 0 bridgehead atoms. The van der Waals surface area contributed by atoms with Crippen molar-refractivity contribution in [3.05, 3.63) is 0 Å². The van der Waals surface area contributed by atoms with Gasteiger partial charge in [0.25, 0.3) is 10.1 Å². The van der Waals surface area contributed by atoms with E-state index in [2.05, 4.69) is 8.75 Å². The van der Waals surface area contributed by atoms with Crippen LogP contribution in [0, 0.1) is 0 Å². The fraction of sp³-hybridized carbons (Fsp3) is 1.00. The second kappa shape index (κ2) is 1.46. The molecule has 0 aliphatic carbocycles. The highest BCUT2D eigenvalue weighted by atomic mass is 32.2. The standard InChI is InChI=1S/CH2BO4S/c3-7(4)1-5-2-6-7/h1H2. The fourth-order valence-corrected chi connectivity index (χ4v) is 0.680. The highest BCUT2D eigenvalue weighted by molar-refractivity contribution is 7.87. The van der Waals surface area contributed by atoms with E-state index in [1.54, 1.807) is 0 Å².